The fraction of sp³-hybridized carbons (Fsp3) is 0.156. The van der Waals surface area contributed by atoms with Crippen molar-refractivity contribution in [2.75, 3.05) is 0 Å². The molecule has 0 spiro atoms. The summed E-state index contributed by atoms with van der Waals surface area (Å²) >= 11 is -2.13. The van der Waals surface area contributed by atoms with Crippen LogP contribution in [0.5, 0.6) is 0 Å². The van der Waals surface area contributed by atoms with Crippen LogP contribution in [0.15, 0.2) is 95.5 Å². The van der Waals surface area contributed by atoms with Crippen molar-refractivity contribution in [3.8, 4) is 22.4 Å². The molecule has 0 aliphatic heterocycles. The molecule has 0 saturated carbocycles. The molecule has 0 saturated heterocycles. The first-order chi connectivity index (χ1) is 16.8. The van der Waals surface area contributed by atoms with Crippen LogP contribution in [0.4, 0.5) is 0 Å². The molecule has 4 aromatic carbocycles. The van der Waals surface area contributed by atoms with Crippen molar-refractivity contribution >= 4 is 50.4 Å². The van der Waals surface area contributed by atoms with E-state index in [-0.39, 0.29) is 0 Å². The molecule has 0 N–H and O–H groups in total. The molecule has 0 aliphatic carbocycles. The molecule has 6 rings (SSSR count). The Labute approximate surface area is 209 Å². The number of hydrogen-bond acceptors (Lipinski definition) is 1. The average molecular weight is 517 g/mol. The van der Waals surface area contributed by atoms with Gasteiger partial charge in [-0.15, -0.1) is 0 Å². The second kappa shape index (κ2) is 8.10. The number of aromatic nitrogens is 1. The Hall–Kier alpha value is -3.37. The molecule has 2 heterocycles. The van der Waals surface area contributed by atoms with Gasteiger partial charge in [-0.25, -0.2) is 0 Å². The topological polar surface area (TPSA) is 17.0 Å². The molecule has 0 atom stereocenters. The Kier molecular flexibility index (Phi) is 5.12. The van der Waals surface area contributed by atoms with Crippen molar-refractivity contribution in [3.63, 3.8) is 0 Å². The molecule has 2 nitrogen and oxygen atoms in total. The van der Waals surface area contributed by atoms with Crippen LogP contribution in [-0.4, -0.2) is 13.3 Å². The second-order valence-electron chi connectivity index (χ2n) is 10.6. The number of rotatable bonds is 3. The van der Waals surface area contributed by atoms with Crippen LogP contribution in [0, 0.1) is 6.92 Å². The van der Waals surface area contributed by atoms with Crippen LogP contribution in [-0.2, 0) is 7.05 Å². The predicted molar refractivity (Wildman–Crippen MR) is 151 cm³/mol. The first kappa shape index (κ1) is 22.1. The Morgan fingerprint density at radius 1 is 0.714 bits per heavy atom. The number of fused-ring (bicyclic) bond motifs is 4. The zero-order valence-electron chi connectivity index (χ0n) is 21.0. The molecule has 0 radical (unpaired) electrons. The van der Waals surface area contributed by atoms with Gasteiger partial charge in [0.2, 0.25) is 0 Å². The van der Waals surface area contributed by atoms with Crippen LogP contribution in [0.1, 0.15) is 5.56 Å². The SMILES string of the molecule is Cc1ccc2c(oc3c(-c4ccc5ccccc5c4)c[c]([Ge]([CH3])([CH3])[CH3])cc32)c1-c1cccc[n+]1C. The Morgan fingerprint density at radius 3 is 2.26 bits per heavy atom. The Bertz CT molecular complexity index is 1750. The molecule has 0 unspecified atom stereocenters. The second-order valence-corrected chi connectivity index (χ2v) is 21.3. The summed E-state index contributed by atoms with van der Waals surface area (Å²) in [7, 11) is 2.10. The average Bonchev–Trinajstić information content (AvgIpc) is 3.22. The monoisotopic (exact) mass is 518 g/mol. The third-order valence-corrected chi connectivity index (χ3v) is 11.4. The summed E-state index contributed by atoms with van der Waals surface area (Å²) in [6.45, 7) is 2.18. The van der Waals surface area contributed by atoms with E-state index >= 15 is 0 Å². The van der Waals surface area contributed by atoms with Crippen molar-refractivity contribution in [3.05, 3.63) is 96.7 Å². The Balaban J connectivity index is 1.73. The molecular weight excluding hydrogens is 487 g/mol. The molecule has 35 heavy (non-hydrogen) atoms. The summed E-state index contributed by atoms with van der Waals surface area (Å²) in [4.78, 5) is 0. The summed E-state index contributed by atoms with van der Waals surface area (Å²) < 4.78 is 10.5. The van der Waals surface area contributed by atoms with E-state index in [1.165, 1.54) is 48.2 Å². The standard InChI is InChI=1S/C32H30GeNO/c1-21-13-16-26-28-20-25(33(2,3)4)19-27(24-15-14-22-10-6-7-11-23(22)18-24)31(28)35-32(26)30(21)29-12-8-9-17-34(29)5/h6-20H,1-5H3/q+1. The van der Waals surface area contributed by atoms with Crippen molar-refractivity contribution in [2.45, 2.75) is 24.2 Å². The fourth-order valence-electron chi connectivity index (χ4n) is 5.15. The molecule has 3 heteroatoms. The summed E-state index contributed by atoms with van der Waals surface area (Å²) in [5, 5.41) is 4.93. The molecule has 2 aromatic heterocycles. The van der Waals surface area contributed by atoms with Gasteiger partial charge in [-0.1, -0.05) is 0 Å². The van der Waals surface area contributed by atoms with Gasteiger partial charge in [0.25, 0.3) is 0 Å². The molecule has 172 valence electrons. The van der Waals surface area contributed by atoms with Crippen molar-refractivity contribution in [1.82, 2.24) is 0 Å². The van der Waals surface area contributed by atoms with Crippen LogP contribution < -0.4 is 8.96 Å². The first-order valence-electron chi connectivity index (χ1n) is 12.3. The van der Waals surface area contributed by atoms with E-state index in [1.807, 2.05) is 0 Å². The number of aryl methyl sites for hydroxylation is 2. The quantitative estimate of drug-likeness (QED) is 0.173. The van der Waals surface area contributed by atoms with Gasteiger partial charge in [0.1, 0.15) is 0 Å². The van der Waals surface area contributed by atoms with Gasteiger partial charge >= 0.3 is 210 Å². The van der Waals surface area contributed by atoms with Gasteiger partial charge in [0.15, 0.2) is 0 Å². The van der Waals surface area contributed by atoms with Gasteiger partial charge in [-0.3, -0.25) is 0 Å². The molecule has 0 bridgehead atoms. The fourth-order valence-corrected chi connectivity index (χ4v) is 7.57. The van der Waals surface area contributed by atoms with E-state index in [4.69, 9.17) is 4.42 Å². The zero-order chi connectivity index (χ0) is 24.3. The van der Waals surface area contributed by atoms with E-state index in [2.05, 4.69) is 127 Å². The molecule has 0 amide bonds. The molecule has 0 aliphatic rings. The minimum absolute atomic E-state index is 0.974. The van der Waals surface area contributed by atoms with Gasteiger partial charge in [-0.05, 0) is 0 Å². The van der Waals surface area contributed by atoms with Crippen LogP contribution in [0.3, 0.4) is 0 Å². The van der Waals surface area contributed by atoms with Crippen LogP contribution >= 0.6 is 0 Å². The number of pyridine rings is 1. The summed E-state index contributed by atoms with van der Waals surface area (Å²) in [6.07, 6.45) is 2.10. The van der Waals surface area contributed by atoms with E-state index in [0.717, 1.165) is 16.9 Å². The van der Waals surface area contributed by atoms with E-state index in [9.17, 15) is 0 Å². The maximum atomic E-state index is 6.85. The minimum atomic E-state index is -2.13. The number of benzene rings is 4. The summed E-state index contributed by atoms with van der Waals surface area (Å²) in [5.74, 6) is 7.40. The molecule has 0 fully saturated rings. The van der Waals surface area contributed by atoms with E-state index in [0.29, 0.717) is 0 Å². The predicted octanol–water partition coefficient (Wildman–Crippen LogP) is 7.75. The third kappa shape index (κ3) is 3.68. The van der Waals surface area contributed by atoms with Crippen molar-refractivity contribution < 1.29 is 8.98 Å². The first-order valence-corrected chi connectivity index (χ1v) is 19.6. The van der Waals surface area contributed by atoms with Gasteiger partial charge in [-0.2, -0.15) is 0 Å². The van der Waals surface area contributed by atoms with Gasteiger partial charge < -0.3 is 0 Å². The van der Waals surface area contributed by atoms with Gasteiger partial charge in [0.05, 0.1) is 0 Å². The number of nitrogens with zero attached hydrogens (tertiary/aromatic N) is 1. The van der Waals surface area contributed by atoms with E-state index < -0.39 is 13.3 Å². The van der Waals surface area contributed by atoms with E-state index in [1.54, 1.807) is 0 Å². The van der Waals surface area contributed by atoms with Crippen molar-refractivity contribution in [2.24, 2.45) is 7.05 Å². The maximum absolute atomic E-state index is 6.85. The van der Waals surface area contributed by atoms with Gasteiger partial charge in [0, 0.05) is 0 Å². The van der Waals surface area contributed by atoms with Crippen LogP contribution in [0.2, 0.25) is 17.3 Å². The number of hydrogen-bond donors (Lipinski definition) is 0. The zero-order valence-corrected chi connectivity index (χ0v) is 23.1. The van der Waals surface area contributed by atoms with Crippen LogP contribution in [0.25, 0.3) is 55.1 Å². The summed E-state index contributed by atoms with van der Waals surface area (Å²) in [5.41, 5.74) is 7.92. The normalized spacial score (nSPS) is 12.1. The number of furan rings is 1. The van der Waals surface area contributed by atoms with Crippen molar-refractivity contribution in [1.29, 1.82) is 0 Å². The molecular formula is C32H30GeNO+. The summed E-state index contributed by atoms with van der Waals surface area (Å²) in [6, 6.07) is 31.0. The molecule has 6 aromatic rings. The Morgan fingerprint density at radius 2 is 1.49 bits per heavy atom. The third-order valence-electron chi connectivity index (χ3n) is 7.19.